The van der Waals surface area contributed by atoms with E-state index in [1.165, 1.54) is 6.07 Å². The van der Waals surface area contributed by atoms with Gasteiger partial charge in [-0.05, 0) is 76.3 Å². The van der Waals surface area contributed by atoms with E-state index in [4.69, 9.17) is 4.98 Å². The molecule has 0 atom stereocenters. The lowest BCUT2D eigenvalue weighted by Crippen LogP contribution is -2.62. The fourth-order valence-corrected chi connectivity index (χ4v) is 7.53. The Hall–Kier alpha value is -2.95. The molecule has 3 heterocycles. The van der Waals surface area contributed by atoms with Gasteiger partial charge in [0, 0.05) is 72.2 Å². The first-order valence-corrected chi connectivity index (χ1v) is 15.7. The molecule has 1 aliphatic carbocycles. The highest BCUT2D eigenvalue weighted by atomic mass is 32.1. The number of rotatable bonds is 10. The maximum Gasteiger partial charge on any atom is 0.194 e. The van der Waals surface area contributed by atoms with E-state index >= 15 is 0 Å². The first kappa shape index (κ1) is 31.5. The van der Waals surface area contributed by atoms with Gasteiger partial charge in [-0.2, -0.15) is 0 Å². The van der Waals surface area contributed by atoms with Crippen LogP contribution in [0.15, 0.2) is 30.3 Å². The first-order chi connectivity index (χ1) is 20.1. The summed E-state index contributed by atoms with van der Waals surface area (Å²) in [6.45, 7) is 11.1. The number of nitrogens with zero attached hydrogens (tertiary/aromatic N) is 4. The molecule has 43 heavy (non-hydrogen) atoms. The van der Waals surface area contributed by atoms with Crippen molar-refractivity contribution < 1.29 is 23.5 Å². The van der Waals surface area contributed by atoms with Crippen molar-refractivity contribution in [1.82, 2.24) is 20.1 Å². The number of Topliss-reactive ketones (excluding diaryl/α,β-unsaturated/α-hetero) is 2. The van der Waals surface area contributed by atoms with Crippen LogP contribution in [0.3, 0.4) is 0 Å². The number of carbonyl (C=O) groups excluding carboxylic acids is 2. The van der Waals surface area contributed by atoms with Gasteiger partial charge in [0.25, 0.3) is 0 Å². The van der Waals surface area contributed by atoms with Crippen molar-refractivity contribution in [3.8, 4) is 10.6 Å². The SMILES string of the molecule is Cc1cc(C)nc(C(C)(C)CC(=O)CC2(CC(=O)c3nnc(-c4ccc(F)cc4F)s3)CN(C3CCC(C)(O)CC3)C2)c1. The standard InChI is InChI=1S/C33H40F2N4O3S/c1-20-12-21(2)36-28(13-20)31(3,4)15-24(40)16-33(18-39(19-33)23-8-10-32(5,42)11-9-23)17-27(41)30-38-37-29(43-30)25-7-6-22(34)14-26(25)35/h6-7,12-14,23,42H,8-11,15-19H2,1-5H3. The third-order valence-corrected chi connectivity index (χ3v) is 9.99. The summed E-state index contributed by atoms with van der Waals surface area (Å²) in [7, 11) is 0. The summed E-state index contributed by atoms with van der Waals surface area (Å²) in [4.78, 5) is 34.3. The second-order valence-electron chi connectivity index (χ2n) is 13.7. The highest BCUT2D eigenvalue weighted by molar-refractivity contribution is 7.16. The van der Waals surface area contributed by atoms with Gasteiger partial charge in [-0.15, -0.1) is 10.2 Å². The Morgan fingerprint density at radius 1 is 1.07 bits per heavy atom. The zero-order valence-electron chi connectivity index (χ0n) is 25.5. The molecule has 2 fully saturated rings. The van der Waals surface area contributed by atoms with Gasteiger partial charge in [0.15, 0.2) is 15.8 Å². The highest BCUT2D eigenvalue weighted by Crippen LogP contribution is 2.44. The number of likely N-dealkylation sites (tertiary alicyclic amines) is 1. The van der Waals surface area contributed by atoms with Crippen LogP contribution >= 0.6 is 11.3 Å². The summed E-state index contributed by atoms with van der Waals surface area (Å²) >= 11 is 0.978. The molecule has 2 aromatic heterocycles. The third kappa shape index (κ3) is 7.24. The third-order valence-electron chi connectivity index (χ3n) is 8.99. The minimum Gasteiger partial charge on any atom is -0.390 e. The Balaban J connectivity index is 1.32. The minimum absolute atomic E-state index is 0.0799. The normalized spacial score (nSPS) is 22.3. The molecule has 230 valence electrons. The Labute approximate surface area is 255 Å². The van der Waals surface area contributed by atoms with Crippen LogP contribution in [0.5, 0.6) is 0 Å². The molecule has 0 spiro atoms. The number of benzene rings is 1. The van der Waals surface area contributed by atoms with Gasteiger partial charge in [0.1, 0.15) is 17.4 Å². The average Bonchev–Trinajstić information content (AvgIpc) is 3.36. The Kier molecular flexibility index (Phi) is 8.68. The fraction of sp³-hybridized carbons (Fsp3) is 0.545. The quantitative estimate of drug-likeness (QED) is 0.266. The molecule has 1 saturated carbocycles. The van der Waals surface area contributed by atoms with Gasteiger partial charge in [-0.3, -0.25) is 19.5 Å². The molecule has 1 saturated heterocycles. The molecule has 0 unspecified atom stereocenters. The van der Waals surface area contributed by atoms with Crippen LogP contribution in [0.1, 0.15) is 92.5 Å². The first-order valence-electron chi connectivity index (χ1n) is 14.9. The van der Waals surface area contributed by atoms with Crippen LogP contribution in [0, 0.1) is 30.9 Å². The summed E-state index contributed by atoms with van der Waals surface area (Å²) in [5.41, 5.74) is 1.32. The molecule has 3 aromatic rings. The number of aliphatic hydroxyl groups is 1. The van der Waals surface area contributed by atoms with Gasteiger partial charge < -0.3 is 5.11 Å². The molecule has 1 aromatic carbocycles. The molecule has 2 aliphatic rings. The summed E-state index contributed by atoms with van der Waals surface area (Å²) < 4.78 is 27.7. The van der Waals surface area contributed by atoms with Gasteiger partial charge in [0.05, 0.1) is 5.60 Å². The van der Waals surface area contributed by atoms with Gasteiger partial charge in [0.2, 0.25) is 0 Å². The van der Waals surface area contributed by atoms with Crippen molar-refractivity contribution in [3.63, 3.8) is 0 Å². The topological polar surface area (TPSA) is 96.3 Å². The molecule has 7 nitrogen and oxygen atoms in total. The smallest absolute Gasteiger partial charge is 0.194 e. The number of pyridine rings is 1. The number of carbonyl (C=O) groups is 2. The number of hydrogen-bond donors (Lipinski definition) is 1. The molecular formula is C33H40F2N4O3S. The summed E-state index contributed by atoms with van der Waals surface area (Å²) in [6.07, 6.45) is 3.89. The van der Waals surface area contributed by atoms with E-state index in [-0.39, 0.29) is 40.0 Å². The molecule has 1 aliphatic heterocycles. The fourth-order valence-electron chi connectivity index (χ4n) is 6.73. The zero-order chi connectivity index (χ0) is 31.2. The molecule has 5 rings (SSSR count). The summed E-state index contributed by atoms with van der Waals surface area (Å²) in [6, 6.07) is 7.56. The van der Waals surface area contributed by atoms with Crippen LogP contribution in [0.25, 0.3) is 10.6 Å². The number of ketones is 2. The van der Waals surface area contributed by atoms with E-state index in [1.54, 1.807) is 0 Å². The molecule has 10 heteroatoms. The maximum absolute atomic E-state index is 14.3. The predicted octanol–water partition coefficient (Wildman–Crippen LogP) is 6.39. The van der Waals surface area contributed by atoms with Crippen LogP contribution in [0.2, 0.25) is 0 Å². The minimum atomic E-state index is -0.765. The number of aryl methyl sites for hydroxylation is 2. The summed E-state index contributed by atoms with van der Waals surface area (Å²) in [5.74, 6) is -1.61. The Bertz CT molecular complexity index is 1500. The largest absolute Gasteiger partial charge is 0.390 e. The van der Waals surface area contributed by atoms with Crippen molar-refractivity contribution in [1.29, 1.82) is 0 Å². The lowest BCUT2D eigenvalue weighted by atomic mass is 9.68. The number of aromatic nitrogens is 3. The van der Waals surface area contributed by atoms with Crippen molar-refractivity contribution in [3.05, 3.63) is 63.9 Å². The van der Waals surface area contributed by atoms with E-state index in [1.807, 2.05) is 46.8 Å². The van der Waals surface area contributed by atoms with Crippen molar-refractivity contribution in [2.45, 2.75) is 96.6 Å². The zero-order valence-corrected chi connectivity index (χ0v) is 26.4. The van der Waals surface area contributed by atoms with Crippen molar-refractivity contribution in [2.75, 3.05) is 13.1 Å². The second-order valence-corrected chi connectivity index (χ2v) is 14.7. The van der Waals surface area contributed by atoms with Gasteiger partial charge >= 0.3 is 0 Å². The van der Waals surface area contributed by atoms with Crippen LogP contribution in [0.4, 0.5) is 8.78 Å². The second kappa shape index (κ2) is 11.9. The lowest BCUT2D eigenvalue weighted by molar-refractivity contribution is -0.128. The Morgan fingerprint density at radius 2 is 1.77 bits per heavy atom. The molecule has 0 amide bonds. The molecule has 0 radical (unpaired) electrons. The van der Waals surface area contributed by atoms with E-state index in [9.17, 15) is 23.5 Å². The van der Waals surface area contributed by atoms with E-state index in [0.717, 1.165) is 66.1 Å². The lowest BCUT2D eigenvalue weighted by Gasteiger charge is -2.54. The molecule has 1 N–H and O–H groups in total. The van der Waals surface area contributed by atoms with E-state index in [0.29, 0.717) is 25.6 Å². The van der Waals surface area contributed by atoms with Crippen molar-refractivity contribution in [2.24, 2.45) is 5.41 Å². The highest BCUT2D eigenvalue weighted by Gasteiger charge is 2.49. The van der Waals surface area contributed by atoms with Crippen LogP contribution in [-0.2, 0) is 10.2 Å². The van der Waals surface area contributed by atoms with Crippen LogP contribution in [-0.4, -0.2) is 61.5 Å². The number of hydrogen-bond acceptors (Lipinski definition) is 8. The van der Waals surface area contributed by atoms with Gasteiger partial charge in [-0.25, -0.2) is 8.78 Å². The molecular weight excluding hydrogens is 570 g/mol. The van der Waals surface area contributed by atoms with E-state index in [2.05, 4.69) is 15.1 Å². The van der Waals surface area contributed by atoms with Gasteiger partial charge in [-0.1, -0.05) is 25.2 Å². The average molecular weight is 611 g/mol. The van der Waals surface area contributed by atoms with Crippen molar-refractivity contribution >= 4 is 22.9 Å². The Morgan fingerprint density at radius 3 is 2.42 bits per heavy atom. The van der Waals surface area contributed by atoms with Crippen LogP contribution < -0.4 is 0 Å². The summed E-state index contributed by atoms with van der Waals surface area (Å²) in [5, 5.41) is 18.8. The monoisotopic (exact) mass is 610 g/mol. The molecule has 0 bridgehead atoms. The van der Waals surface area contributed by atoms with E-state index < -0.39 is 28.1 Å². The maximum atomic E-state index is 14.3. The predicted molar refractivity (Wildman–Crippen MR) is 162 cm³/mol. The number of halogens is 2.